The van der Waals surface area contributed by atoms with Crippen LogP contribution in [0.15, 0.2) is 21.6 Å². The zero-order valence-electron chi connectivity index (χ0n) is 14.0. The maximum atomic E-state index is 12.5. The molecular formula is C17H28N2O3S. The number of hydrogen-bond donors (Lipinski definition) is 0. The summed E-state index contributed by atoms with van der Waals surface area (Å²) in [6, 6.07) is 3.41. The minimum Gasteiger partial charge on any atom is -0.447 e. The average molecular weight is 340 g/mol. The maximum Gasteiger partial charge on any atom is 0.276 e. The van der Waals surface area contributed by atoms with Gasteiger partial charge in [-0.15, -0.1) is 0 Å². The van der Waals surface area contributed by atoms with Gasteiger partial charge in [-0.1, -0.05) is 19.3 Å². The summed E-state index contributed by atoms with van der Waals surface area (Å²) in [6.07, 6.45) is 8.58. The first-order valence-corrected chi connectivity index (χ1v) is 10.3. The Bertz CT molecular complexity index is 599. The highest BCUT2D eigenvalue weighted by atomic mass is 32.2. The van der Waals surface area contributed by atoms with Crippen LogP contribution < -0.4 is 0 Å². The van der Waals surface area contributed by atoms with Crippen molar-refractivity contribution < 1.29 is 12.8 Å². The lowest BCUT2D eigenvalue weighted by atomic mass is 9.89. The first-order chi connectivity index (χ1) is 11.1. The Balaban J connectivity index is 1.58. The molecule has 0 bridgehead atoms. The quantitative estimate of drug-likeness (QED) is 0.798. The molecule has 1 aromatic heterocycles. The van der Waals surface area contributed by atoms with Gasteiger partial charge in [0.25, 0.3) is 10.0 Å². The van der Waals surface area contributed by atoms with Crippen LogP contribution in [0, 0.1) is 5.92 Å². The van der Waals surface area contributed by atoms with Crippen LogP contribution in [0.1, 0.15) is 50.7 Å². The first kappa shape index (κ1) is 17.0. The molecule has 6 heteroatoms. The molecule has 0 atom stereocenters. The lowest BCUT2D eigenvalue weighted by Crippen LogP contribution is -2.27. The van der Waals surface area contributed by atoms with Crippen molar-refractivity contribution in [1.29, 1.82) is 0 Å². The summed E-state index contributed by atoms with van der Waals surface area (Å²) in [6.45, 7) is 2.96. The van der Waals surface area contributed by atoms with Crippen molar-refractivity contribution in [3.8, 4) is 0 Å². The van der Waals surface area contributed by atoms with Crippen molar-refractivity contribution in [1.82, 2.24) is 9.21 Å². The SMILES string of the molecule is CN(Cc1ccc(S(=O)(=O)N2CCCC2)o1)CC1CCCCC1. The number of rotatable bonds is 6. The number of hydrogen-bond acceptors (Lipinski definition) is 4. The van der Waals surface area contributed by atoms with Crippen LogP contribution >= 0.6 is 0 Å². The van der Waals surface area contributed by atoms with Crippen molar-refractivity contribution in [2.24, 2.45) is 5.92 Å². The van der Waals surface area contributed by atoms with Gasteiger partial charge in [0, 0.05) is 19.6 Å². The van der Waals surface area contributed by atoms with E-state index in [0.29, 0.717) is 19.6 Å². The second kappa shape index (κ2) is 7.36. The maximum absolute atomic E-state index is 12.5. The van der Waals surface area contributed by atoms with E-state index >= 15 is 0 Å². The normalized spacial score (nSPS) is 21.3. The van der Waals surface area contributed by atoms with E-state index in [1.165, 1.54) is 36.4 Å². The summed E-state index contributed by atoms with van der Waals surface area (Å²) in [5, 5.41) is 0.0977. The van der Waals surface area contributed by atoms with Crippen LogP contribution in [0.3, 0.4) is 0 Å². The molecule has 0 aromatic carbocycles. The minimum atomic E-state index is -3.43. The Morgan fingerprint density at radius 2 is 1.83 bits per heavy atom. The molecule has 2 heterocycles. The second-order valence-electron chi connectivity index (χ2n) is 7.03. The van der Waals surface area contributed by atoms with Gasteiger partial charge in [0.05, 0.1) is 6.54 Å². The Morgan fingerprint density at radius 3 is 2.52 bits per heavy atom. The fraction of sp³-hybridized carbons (Fsp3) is 0.765. The van der Waals surface area contributed by atoms with E-state index in [4.69, 9.17) is 4.42 Å². The fourth-order valence-corrected chi connectivity index (χ4v) is 5.22. The minimum absolute atomic E-state index is 0.0977. The van der Waals surface area contributed by atoms with Crippen LogP contribution in [0.25, 0.3) is 0 Å². The molecule has 1 saturated heterocycles. The molecule has 1 saturated carbocycles. The second-order valence-corrected chi connectivity index (χ2v) is 8.90. The van der Waals surface area contributed by atoms with Crippen molar-refractivity contribution in [2.75, 3.05) is 26.7 Å². The molecule has 130 valence electrons. The molecule has 2 aliphatic rings. The first-order valence-electron chi connectivity index (χ1n) is 8.83. The summed E-state index contributed by atoms with van der Waals surface area (Å²) < 4.78 is 32.1. The van der Waals surface area contributed by atoms with Gasteiger partial charge in [0.2, 0.25) is 5.09 Å². The number of sulfonamides is 1. The lowest BCUT2D eigenvalue weighted by molar-refractivity contribution is 0.211. The van der Waals surface area contributed by atoms with Gasteiger partial charge < -0.3 is 4.42 Å². The Hall–Kier alpha value is -0.850. The van der Waals surface area contributed by atoms with Crippen molar-refractivity contribution in [3.05, 3.63) is 17.9 Å². The van der Waals surface area contributed by atoms with E-state index in [1.807, 2.05) is 0 Å². The van der Waals surface area contributed by atoms with Gasteiger partial charge in [-0.25, -0.2) is 8.42 Å². The number of nitrogens with zero attached hydrogens (tertiary/aromatic N) is 2. The van der Waals surface area contributed by atoms with E-state index in [9.17, 15) is 8.42 Å². The topological polar surface area (TPSA) is 53.8 Å². The van der Waals surface area contributed by atoms with Gasteiger partial charge in [0.15, 0.2) is 0 Å². The third-order valence-corrected chi connectivity index (χ3v) is 6.79. The monoisotopic (exact) mass is 340 g/mol. The van der Waals surface area contributed by atoms with Gasteiger partial charge in [-0.2, -0.15) is 4.31 Å². The molecule has 0 unspecified atom stereocenters. The van der Waals surface area contributed by atoms with Crippen LogP contribution in [0.2, 0.25) is 0 Å². The van der Waals surface area contributed by atoms with Crippen LogP contribution in [0.4, 0.5) is 0 Å². The molecule has 3 rings (SSSR count). The third-order valence-electron chi connectivity index (χ3n) is 5.02. The van der Waals surface area contributed by atoms with Crippen molar-refractivity contribution in [3.63, 3.8) is 0 Å². The zero-order chi connectivity index (χ0) is 16.3. The van der Waals surface area contributed by atoms with Crippen molar-refractivity contribution in [2.45, 2.75) is 56.6 Å². The highest BCUT2D eigenvalue weighted by molar-refractivity contribution is 7.89. The summed E-state index contributed by atoms with van der Waals surface area (Å²) in [5.74, 6) is 1.51. The molecule has 0 spiro atoms. The fourth-order valence-electron chi connectivity index (χ4n) is 3.78. The molecule has 0 N–H and O–H groups in total. The number of furan rings is 1. The zero-order valence-corrected chi connectivity index (χ0v) is 14.9. The largest absolute Gasteiger partial charge is 0.447 e. The molecule has 5 nitrogen and oxygen atoms in total. The van der Waals surface area contributed by atoms with Crippen LogP contribution in [-0.2, 0) is 16.6 Å². The van der Waals surface area contributed by atoms with Gasteiger partial charge >= 0.3 is 0 Å². The molecule has 0 radical (unpaired) electrons. The Morgan fingerprint density at radius 1 is 1.13 bits per heavy atom. The van der Waals surface area contributed by atoms with E-state index < -0.39 is 10.0 Å². The Kier molecular flexibility index (Phi) is 5.44. The van der Waals surface area contributed by atoms with Crippen LogP contribution in [0.5, 0.6) is 0 Å². The molecule has 0 amide bonds. The highest BCUT2D eigenvalue weighted by Crippen LogP contribution is 2.26. The summed E-state index contributed by atoms with van der Waals surface area (Å²) in [7, 11) is -1.34. The van der Waals surface area contributed by atoms with E-state index in [-0.39, 0.29) is 5.09 Å². The molecule has 23 heavy (non-hydrogen) atoms. The molecule has 1 aliphatic carbocycles. The molecule has 2 fully saturated rings. The molecular weight excluding hydrogens is 312 g/mol. The smallest absolute Gasteiger partial charge is 0.276 e. The lowest BCUT2D eigenvalue weighted by Gasteiger charge is -2.26. The average Bonchev–Trinajstić information content (AvgIpc) is 3.20. The van der Waals surface area contributed by atoms with Gasteiger partial charge in [-0.05, 0) is 50.8 Å². The predicted molar refractivity (Wildman–Crippen MR) is 89.6 cm³/mol. The summed E-state index contributed by atoms with van der Waals surface area (Å²) in [4.78, 5) is 2.25. The molecule has 1 aliphatic heterocycles. The van der Waals surface area contributed by atoms with Gasteiger partial charge in [-0.3, -0.25) is 4.90 Å². The van der Waals surface area contributed by atoms with E-state index in [2.05, 4.69) is 11.9 Å². The highest BCUT2D eigenvalue weighted by Gasteiger charge is 2.30. The van der Waals surface area contributed by atoms with E-state index in [0.717, 1.165) is 31.1 Å². The van der Waals surface area contributed by atoms with Crippen molar-refractivity contribution >= 4 is 10.0 Å². The summed E-state index contributed by atoms with van der Waals surface area (Å²) in [5.41, 5.74) is 0. The van der Waals surface area contributed by atoms with Crippen LogP contribution in [-0.4, -0.2) is 44.3 Å². The predicted octanol–water partition coefficient (Wildman–Crippen LogP) is 3.08. The summed E-state index contributed by atoms with van der Waals surface area (Å²) >= 11 is 0. The third kappa shape index (κ3) is 4.17. The standard InChI is InChI=1S/C17H28N2O3S/c1-18(13-15-7-3-2-4-8-15)14-16-9-10-17(22-16)23(20,21)19-11-5-6-12-19/h9-10,15H,2-8,11-14H2,1H3. The van der Waals surface area contributed by atoms with Gasteiger partial charge in [0.1, 0.15) is 5.76 Å². The molecule has 1 aromatic rings. The van der Waals surface area contributed by atoms with E-state index in [1.54, 1.807) is 12.1 Å². The Labute approximate surface area is 139 Å².